The Bertz CT molecular complexity index is 653. The maximum absolute atomic E-state index is 6.33. The first-order valence-corrected chi connectivity index (χ1v) is 9.40. The number of unbranched alkanes of at least 4 members (excludes halogenated alkanes) is 1. The molecule has 0 aliphatic carbocycles. The highest BCUT2D eigenvalue weighted by Crippen LogP contribution is 2.33. The standard InChI is InChI=1S/C20H27ClN2O/c1-2-22-12-14-23(15-13-22)11-5-6-16-24-20-18-8-4-3-7-17(18)9-10-19(20)21/h3-4,7-10H,2,5-6,11-16H2,1H3. The lowest BCUT2D eigenvalue weighted by molar-refractivity contribution is 0.134. The van der Waals surface area contributed by atoms with E-state index in [1.165, 1.54) is 51.1 Å². The average Bonchev–Trinajstić information content (AvgIpc) is 2.63. The van der Waals surface area contributed by atoms with Crippen LogP contribution in [0.25, 0.3) is 10.8 Å². The van der Waals surface area contributed by atoms with E-state index in [-0.39, 0.29) is 0 Å². The van der Waals surface area contributed by atoms with E-state index in [9.17, 15) is 0 Å². The van der Waals surface area contributed by atoms with Gasteiger partial charge in [0.15, 0.2) is 0 Å². The van der Waals surface area contributed by atoms with Gasteiger partial charge in [-0.2, -0.15) is 0 Å². The quantitative estimate of drug-likeness (QED) is 0.695. The molecule has 0 N–H and O–H groups in total. The minimum atomic E-state index is 0.699. The molecule has 3 rings (SSSR count). The van der Waals surface area contributed by atoms with Gasteiger partial charge in [0, 0.05) is 31.6 Å². The summed E-state index contributed by atoms with van der Waals surface area (Å²) in [5.41, 5.74) is 0. The molecule has 0 aromatic heterocycles. The molecule has 0 unspecified atom stereocenters. The van der Waals surface area contributed by atoms with E-state index in [2.05, 4.69) is 28.9 Å². The van der Waals surface area contributed by atoms with E-state index in [4.69, 9.17) is 16.3 Å². The van der Waals surface area contributed by atoms with Crippen LogP contribution in [0, 0.1) is 0 Å². The second-order valence-electron chi connectivity index (χ2n) is 6.43. The Hall–Kier alpha value is -1.29. The van der Waals surface area contributed by atoms with Gasteiger partial charge in [-0.3, -0.25) is 0 Å². The van der Waals surface area contributed by atoms with Crippen molar-refractivity contribution in [3.63, 3.8) is 0 Å². The molecule has 2 aromatic carbocycles. The molecule has 0 saturated carbocycles. The lowest BCUT2D eigenvalue weighted by atomic mass is 10.1. The minimum absolute atomic E-state index is 0.699. The first-order chi connectivity index (χ1) is 11.8. The van der Waals surface area contributed by atoms with Crippen molar-refractivity contribution in [2.24, 2.45) is 0 Å². The van der Waals surface area contributed by atoms with E-state index in [1.807, 2.05) is 24.3 Å². The third-order valence-corrected chi connectivity index (χ3v) is 5.16. The summed E-state index contributed by atoms with van der Waals surface area (Å²) in [6.07, 6.45) is 2.24. The highest BCUT2D eigenvalue weighted by molar-refractivity contribution is 6.33. The molecule has 4 heteroatoms. The molecule has 2 aromatic rings. The molecule has 0 atom stereocenters. The van der Waals surface area contributed by atoms with Crippen molar-refractivity contribution >= 4 is 22.4 Å². The molecule has 0 spiro atoms. The van der Waals surface area contributed by atoms with Gasteiger partial charge >= 0.3 is 0 Å². The summed E-state index contributed by atoms with van der Waals surface area (Å²) >= 11 is 6.33. The van der Waals surface area contributed by atoms with Gasteiger partial charge in [-0.1, -0.05) is 48.9 Å². The van der Waals surface area contributed by atoms with Gasteiger partial charge in [-0.05, 0) is 37.4 Å². The third kappa shape index (κ3) is 4.41. The largest absolute Gasteiger partial charge is 0.491 e. The zero-order chi connectivity index (χ0) is 16.8. The van der Waals surface area contributed by atoms with Gasteiger partial charge < -0.3 is 14.5 Å². The van der Waals surface area contributed by atoms with E-state index in [0.717, 1.165) is 24.2 Å². The Balaban J connectivity index is 1.43. The number of halogens is 1. The number of hydrogen-bond acceptors (Lipinski definition) is 3. The number of likely N-dealkylation sites (N-methyl/N-ethyl adjacent to an activating group) is 1. The van der Waals surface area contributed by atoms with Crippen molar-refractivity contribution in [1.82, 2.24) is 9.80 Å². The third-order valence-electron chi connectivity index (χ3n) is 4.86. The first-order valence-electron chi connectivity index (χ1n) is 9.02. The number of fused-ring (bicyclic) bond motifs is 1. The molecule has 1 aliphatic rings. The van der Waals surface area contributed by atoms with Crippen molar-refractivity contribution in [3.05, 3.63) is 41.4 Å². The van der Waals surface area contributed by atoms with Gasteiger partial charge in [0.25, 0.3) is 0 Å². The first kappa shape index (κ1) is 17.5. The molecular weight excluding hydrogens is 320 g/mol. The molecule has 0 radical (unpaired) electrons. The summed E-state index contributed by atoms with van der Waals surface area (Å²) in [5, 5.41) is 2.97. The molecule has 1 fully saturated rings. The van der Waals surface area contributed by atoms with Gasteiger partial charge in [0.1, 0.15) is 5.75 Å². The highest BCUT2D eigenvalue weighted by atomic mass is 35.5. The van der Waals surface area contributed by atoms with Gasteiger partial charge in [-0.15, -0.1) is 0 Å². The molecule has 3 nitrogen and oxygen atoms in total. The van der Waals surface area contributed by atoms with Crippen LogP contribution in [0.1, 0.15) is 19.8 Å². The highest BCUT2D eigenvalue weighted by Gasteiger charge is 2.14. The number of hydrogen-bond donors (Lipinski definition) is 0. The number of nitrogens with zero attached hydrogens (tertiary/aromatic N) is 2. The Labute approximate surface area is 150 Å². The molecule has 1 saturated heterocycles. The summed E-state index contributed by atoms with van der Waals surface area (Å²) in [6, 6.07) is 12.2. The molecular formula is C20H27ClN2O. The van der Waals surface area contributed by atoms with Crippen molar-refractivity contribution in [3.8, 4) is 5.75 Å². The van der Waals surface area contributed by atoms with E-state index < -0.39 is 0 Å². The topological polar surface area (TPSA) is 15.7 Å². The van der Waals surface area contributed by atoms with Crippen LogP contribution in [0.5, 0.6) is 5.75 Å². The van der Waals surface area contributed by atoms with Gasteiger partial charge in [-0.25, -0.2) is 0 Å². The van der Waals surface area contributed by atoms with Crippen LogP contribution in [0.4, 0.5) is 0 Å². The Morgan fingerprint density at radius 2 is 1.71 bits per heavy atom. The monoisotopic (exact) mass is 346 g/mol. The predicted molar refractivity (Wildman–Crippen MR) is 102 cm³/mol. The van der Waals surface area contributed by atoms with Crippen LogP contribution in [0.3, 0.4) is 0 Å². The van der Waals surface area contributed by atoms with Crippen LogP contribution in [0.2, 0.25) is 5.02 Å². The van der Waals surface area contributed by atoms with E-state index in [0.29, 0.717) is 5.02 Å². The number of ether oxygens (including phenoxy) is 1. The zero-order valence-electron chi connectivity index (χ0n) is 14.5. The van der Waals surface area contributed by atoms with Crippen molar-refractivity contribution in [2.75, 3.05) is 45.9 Å². The maximum atomic E-state index is 6.33. The second-order valence-corrected chi connectivity index (χ2v) is 6.84. The van der Waals surface area contributed by atoms with Crippen LogP contribution < -0.4 is 4.74 Å². The predicted octanol–water partition coefficient (Wildman–Crippen LogP) is 4.29. The molecule has 1 heterocycles. The number of rotatable bonds is 7. The number of benzene rings is 2. The van der Waals surface area contributed by atoms with Gasteiger partial charge in [0.05, 0.1) is 11.6 Å². The SMILES string of the molecule is CCN1CCN(CCCCOc2c(Cl)ccc3ccccc23)CC1. The lowest BCUT2D eigenvalue weighted by Gasteiger charge is -2.33. The van der Waals surface area contributed by atoms with Crippen molar-refractivity contribution in [1.29, 1.82) is 0 Å². The molecule has 0 bridgehead atoms. The van der Waals surface area contributed by atoms with Crippen LogP contribution in [0.15, 0.2) is 36.4 Å². The second kappa shape index (κ2) is 8.70. The number of piperazine rings is 1. The van der Waals surface area contributed by atoms with Crippen molar-refractivity contribution in [2.45, 2.75) is 19.8 Å². The summed E-state index contributed by atoms with van der Waals surface area (Å²) < 4.78 is 6.02. The smallest absolute Gasteiger partial charge is 0.145 e. The fraction of sp³-hybridized carbons (Fsp3) is 0.500. The summed E-state index contributed by atoms with van der Waals surface area (Å²) in [4.78, 5) is 5.08. The Morgan fingerprint density at radius 3 is 2.50 bits per heavy atom. The lowest BCUT2D eigenvalue weighted by Crippen LogP contribution is -2.46. The van der Waals surface area contributed by atoms with Crippen LogP contribution in [-0.4, -0.2) is 55.7 Å². The Morgan fingerprint density at radius 1 is 0.958 bits per heavy atom. The maximum Gasteiger partial charge on any atom is 0.145 e. The molecule has 0 amide bonds. The molecule has 1 aliphatic heterocycles. The minimum Gasteiger partial charge on any atom is -0.491 e. The van der Waals surface area contributed by atoms with E-state index in [1.54, 1.807) is 0 Å². The van der Waals surface area contributed by atoms with Crippen molar-refractivity contribution < 1.29 is 4.74 Å². The summed E-state index contributed by atoms with van der Waals surface area (Å²) in [5.74, 6) is 0.825. The Kier molecular flexibility index (Phi) is 6.36. The molecule has 130 valence electrons. The summed E-state index contributed by atoms with van der Waals surface area (Å²) in [7, 11) is 0. The van der Waals surface area contributed by atoms with Gasteiger partial charge in [0.2, 0.25) is 0 Å². The average molecular weight is 347 g/mol. The zero-order valence-corrected chi connectivity index (χ0v) is 15.3. The fourth-order valence-corrected chi connectivity index (χ4v) is 3.52. The van der Waals surface area contributed by atoms with E-state index >= 15 is 0 Å². The van der Waals surface area contributed by atoms with Crippen LogP contribution >= 0.6 is 11.6 Å². The summed E-state index contributed by atoms with van der Waals surface area (Å²) in [6.45, 7) is 10.1. The fourth-order valence-electron chi connectivity index (χ4n) is 3.30. The van der Waals surface area contributed by atoms with Crippen LogP contribution in [-0.2, 0) is 0 Å². The normalized spacial score (nSPS) is 16.6. The molecule has 24 heavy (non-hydrogen) atoms.